The number of phenols is 1. The molecule has 5 aliphatic rings. The lowest BCUT2D eigenvalue weighted by atomic mass is 9.49. The van der Waals surface area contributed by atoms with E-state index in [4.69, 9.17) is 4.74 Å². The number of hydrogen-bond donors (Lipinski definition) is 1. The molecule has 4 nitrogen and oxygen atoms in total. The highest BCUT2D eigenvalue weighted by Crippen LogP contribution is 2.60. The molecule has 4 heteroatoms. The number of benzene rings is 1. The molecule has 4 bridgehead atoms. The number of aromatic hydroxyl groups is 1. The molecule has 0 atom stereocenters. The van der Waals surface area contributed by atoms with Gasteiger partial charge in [0.15, 0.2) is 11.5 Å². The average molecular weight is 341 g/mol. The fourth-order valence-electron chi connectivity index (χ4n) is 6.62. The first kappa shape index (κ1) is 15.5. The highest BCUT2D eigenvalue weighted by atomic mass is 16.5. The molecule has 4 aliphatic carbocycles. The molecule has 0 radical (unpaired) electrons. The van der Waals surface area contributed by atoms with Crippen molar-refractivity contribution in [3.05, 3.63) is 23.3 Å². The van der Waals surface area contributed by atoms with Crippen LogP contribution in [0.1, 0.15) is 49.7 Å². The summed E-state index contributed by atoms with van der Waals surface area (Å²) in [6.07, 6.45) is 8.30. The maximum absolute atomic E-state index is 13.5. The van der Waals surface area contributed by atoms with Crippen molar-refractivity contribution >= 4 is 5.91 Å². The summed E-state index contributed by atoms with van der Waals surface area (Å²) in [5.41, 5.74) is 2.21. The van der Waals surface area contributed by atoms with Crippen LogP contribution in [0.4, 0.5) is 0 Å². The maximum atomic E-state index is 13.5. The van der Waals surface area contributed by atoms with Gasteiger partial charge < -0.3 is 14.7 Å². The molecule has 4 fully saturated rings. The first-order chi connectivity index (χ1) is 12.1. The summed E-state index contributed by atoms with van der Waals surface area (Å²) in [6.45, 7) is 1.44. The summed E-state index contributed by atoms with van der Waals surface area (Å²) in [7, 11) is 1.57. The van der Waals surface area contributed by atoms with Crippen LogP contribution in [0.2, 0.25) is 0 Å². The first-order valence-electron chi connectivity index (χ1n) is 9.74. The molecule has 134 valence electrons. The van der Waals surface area contributed by atoms with Crippen LogP contribution >= 0.6 is 0 Å². The number of amides is 1. The Kier molecular flexibility index (Phi) is 3.35. The molecule has 6 rings (SSSR count). The van der Waals surface area contributed by atoms with E-state index < -0.39 is 0 Å². The van der Waals surface area contributed by atoms with Crippen molar-refractivity contribution in [2.45, 2.75) is 51.5 Å². The second kappa shape index (κ2) is 5.39. The van der Waals surface area contributed by atoms with Crippen molar-refractivity contribution in [3.8, 4) is 11.5 Å². The van der Waals surface area contributed by atoms with E-state index in [1.165, 1.54) is 19.3 Å². The summed E-state index contributed by atoms with van der Waals surface area (Å²) < 4.78 is 5.25. The zero-order valence-electron chi connectivity index (χ0n) is 15.0. The van der Waals surface area contributed by atoms with E-state index in [1.807, 2.05) is 6.07 Å². The molecule has 1 aliphatic heterocycles. The zero-order chi connectivity index (χ0) is 17.2. The van der Waals surface area contributed by atoms with Crippen LogP contribution in [0.15, 0.2) is 12.1 Å². The SMILES string of the molecule is COc1cc2c(cc1O)CCN(C(=O)C13CC4CC(CC(C4)C1)C3)C2. The summed E-state index contributed by atoms with van der Waals surface area (Å²) in [5.74, 6) is 3.49. The lowest BCUT2D eigenvalue weighted by Gasteiger charge is -2.56. The predicted molar refractivity (Wildman–Crippen MR) is 94.4 cm³/mol. The molecule has 25 heavy (non-hydrogen) atoms. The van der Waals surface area contributed by atoms with Gasteiger partial charge in [-0.3, -0.25) is 4.79 Å². The Bertz CT molecular complexity index is 691. The molecule has 1 amide bonds. The lowest BCUT2D eigenvalue weighted by Crippen LogP contribution is -2.55. The minimum absolute atomic E-state index is 0.0622. The molecule has 1 heterocycles. The Hall–Kier alpha value is -1.71. The Morgan fingerprint density at radius 3 is 2.36 bits per heavy atom. The number of phenolic OH excluding ortho intramolecular Hbond substituents is 1. The normalized spacial score (nSPS) is 35.6. The van der Waals surface area contributed by atoms with Gasteiger partial charge in [-0.2, -0.15) is 0 Å². The van der Waals surface area contributed by atoms with Crippen LogP contribution in [0.3, 0.4) is 0 Å². The molecule has 0 spiro atoms. The van der Waals surface area contributed by atoms with E-state index in [-0.39, 0.29) is 11.2 Å². The monoisotopic (exact) mass is 341 g/mol. The summed E-state index contributed by atoms with van der Waals surface area (Å²) in [5, 5.41) is 9.99. The molecular weight excluding hydrogens is 314 g/mol. The van der Waals surface area contributed by atoms with Gasteiger partial charge in [0.2, 0.25) is 5.91 Å². The van der Waals surface area contributed by atoms with Gasteiger partial charge in [0.05, 0.1) is 12.5 Å². The minimum Gasteiger partial charge on any atom is -0.504 e. The predicted octanol–water partition coefficient (Wildman–Crippen LogP) is 3.50. The Morgan fingerprint density at radius 2 is 1.76 bits per heavy atom. The topological polar surface area (TPSA) is 49.8 Å². The van der Waals surface area contributed by atoms with Gasteiger partial charge in [-0.1, -0.05) is 0 Å². The van der Waals surface area contributed by atoms with E-state index >= 15 is 0 Å². The number of fused-ring (bicyclic) bond motifs is 1. The largest absolute Gasteiger partial charge is 0.504 e. The number of rotatable bonds is 2. The van der Waals surface area contributed by atoms with Gasteiger partial charge in [0, 0.05) is 13.1 Å². The number of nitrogens with zero attached hydrogens (tertiary/aromatic N) is 1. The fourth-order valence-corrected chi connectivity index (χ4v) is 6.62. The minimum atomic E-state index is -0.0622. The van der Waals surface area contributed by atoms with Crippen LogP contribution in [0.25, 0.3) is 0 Å². The first-order valence-corrected chi connectivity index (χ1v) is 9.74. The molecule has 0 unspecified atom stereocenters. The quantitative estimate of drug-likeness (QED) is 0.896. The van der Waals surface area contributed by atoms with Crippen molar-refractivity contribution in [1.29, 1.82) is 0 Å². The van der Waals surface area contributed by atoms with Gasteiger partial charge >= 0.3 is 0 Å². The van der Waals surface area contributed by atoms with Crippen LogP contribution < -0.4 is 4.74 Å². The zero-order valence-corrected chi connectivity index (χ0v) is 15.0. The van der Waals surface area contributed by atoms with Crippen LogP contribution in [-0.4, -0.2) is 29.6 Å². The Balaban J connectivity index is 1.40. The van der Waals surface area contributed by atoms with Gasteiger partial charge in [0.25, 0.3) is 0 Å². The third-order valence-electron chi connectivity index (χ3n) is 7.29. The maximum Gasteiger partial charge on any atom is 0.229 e. The molecule has 1 aromatic rings. The number of hydrogen-bond acceptors (Lipinski definition) is 3. The van der Waals surface area contributed by atoms with Crippen molar-refractivity contribution < 1.29 is 14.6 Å². The summed E-state index contributed by atoms with van der Waals surface area (Å²) >= 11 is 0. The van der Waals surface area contributed by atoms with E-state index in [9.17, 15) is 9.90 Å². The molecule has 1 N–H and O–H groups in total. The molecular formula is C21H27NO3. The van der Waals surface area contributed by atoms with Crippen molar-refractivity contribution in [1.82, 2.24) is 4.90 Å². The van der Waals surface area contributed by atoms with Gasteiger partial charge in [-0.25, -0.2) is 0 Å². The summed E-state index contributed by atoms with van der Waals surface area (Å²) in [4.78, 5) is 15.6. The fraction of sp³-hybridized carbons (Fsp3) is 0.667. The molecule has 0 saturated heterocycles. The third-order valence-corrected chi connectivity index (χ3v) is 7.29. The molecule has 0 aromatic heterocycles. The van der Waals surface area contributed by atoms with Gasteiger partial charge in [-0.15, -0.1) is 0 Å². The second-order valence-corrected chi connectivity index (χ2v) is 8.97. The lowest BCUT2D eigenvalue weighted by molar-refractivity contribution is -0.158. The third kappa shape index (κ3) is 2.37. The number of carbonyl (C=O) groups is 1. The highest BCUT2D eigenvalue weighted by Gasteiger charge is 2.55. The van der Waals surface area contributed by atoms with E-state index in [0.717, 1.165) is 61.1 Å². The van der Waals surface area contributed by atoms with Crippen molar-refractivity contribution in [3.63, 3.8) is 0 Å². The average Bonchev–Trinajstić information content (AvgIpc) is 2.59. The smallest absolute Gasteiger partial charge is 0.229 e. The van der Waals surface area contributed by atoms with Crippen molar-refractivity contribution in [2.24, 2.45) is 23.2 Å². The molecule has 1 aromatic carbocycles. The number of methoxy groups -OCH3 is 1. The van der Waals surface area contributed by atoms with Crippen molar-refractivity contribution in [2.75, 3.05) is 13.7 Å². The summed E-state index contributed by atoms with van der Waals surface area (Å²) in [6, 6.07) is 3.71. The van der Waals surface area contributed by atoms with E-state index in [2.05, 4.69) is 4.90 Å². The van der Waals surface area contributed by atoms with Crippen LogP contribution in [-0.2, 0) is 17.8 Å². The second-order valence-electron chi connectivity index (χ2n) is 8.97. The standard InChI is InChI=1S/C21H27NO3/c1-25-19-8-17-12-22(3-2-16(17)7-18(19)23)20(24)21-9-13-4-14(10-21)6-15(5-13)11-21/h7-8,13-15,23H,2-6,9-12H2,1H3. The van der Waals surface area contributed by atoms with Gasteiger partial charge in [0.1, 0.15) is 0 Å². The van der Waals surface area contributed by atoms with Gasteiger partial charge in [-0.05, 0) is 86.0 Å². The highest BCUT2D eigenvalue weighted by molar-refractivity contribution is 5.83. The molecule has 4 saturated carbocycles. The van der Waals surface area contributed by atoms with Crippen LogP contribution in [0, 0.1) is 23.2 Å². The number of ether oxygens (including phenoxy) is 1. The van der Waals surface area contributed by atoms with E-state index in [0.29, 0.717) is 18.2 Å². The number of carbonyl (C=O) groups excluding carboxylic acids is 1. The van der Waals surface area contributed by atoms with E-state index in [1.54, 1.807) is 13.2 Å². The van der Waals surface area contributed by atoms with Crippen LogP contribution in [0.5, 0.6) is 11.5 Å². The Labute approximate surface area is 149 Å². The Morgan fingerprint density at radius 1 is 1.12 bits per heavy atom.